The lowest BCUT2D eigenvalue weighted by Crippen LogP contribution is -2.50. The Labute approximate surface area is 222 Å². The first kappa shape index (κ1) is 27.5. The largest absolute Gasteiger partial charge is 0.543 e. The van der Waals surface area contributed by atoms with Gasteiger partial charge < -0.3 is 18.8 Å². The summed E-state index contributed by atoms with van der Waals surface area (Å²) < 4.78 is 12.8. The molecule has 0 aliphatic carbocycles. The van der Waals surface area contributed by atoms with E-state index in [2.05, 4.69) is 58.6 Å². The molecule has 0 atom stereocenters. The molecule has 3 aromatic rings. The van der Waals surface area contributed by atoms with Gasteiger partial charge in [0.1, 0.15) is 23.3 Å². The molecule has 5 nitrogen and oxygen atoms in total. The second-order valence-electron chi connectivity index (χ2n) is 11.7. The molecule has 1 aliphatic heterocycles. The second kappa shape index (κ2) is 11.0. The van der Waals surface area contributed by atoms with Gasteiger partial charge in [-0.3, -0.25) is 4.79 Å². The molecule has 2 aromatic carbocycles. The Morgan fingerprint density at radius 1 is 0.973 bits per heavy atom. The van der Waals surface area contributed by atoms with E-state index in [1.54, 1.807) is 6.26 Å². The molecule has 1 saturated heterocycles. The van der Waals surface area contributed by atoms with Crippen LogP contribution in [0, 0.1) is 0 Å². The molecule has 1 N–H and O–H groups in total. The van der Waals surface area contributed by atoms with E-state index in [9.17, 15) is 9.90 Å². The molecule has 0 radical (unpaired) electrons. The zero-order valence-electron chi connectivity index (χ0n) is 23.3. The SMILES string of the molecule is CC(C)[Si](Oc1ccc2c(=O)c(N3CCC(O)(CCc4ccccc4)CC3)coc2c1)(C(C)C)C(C)C. The highest BCUT2D eigenvalue weighted by Gasteiger charge is 2.47. The van der Waals surface area contributed by atoms with Crippen molar-refractivity contribution in [2.75, 3.05) is 18.0 Å². The van der Waals surface area contributed by atoms with Crippen LogP contribution >= 0.6 is 0 Å². The van der Waals surface area contributed by atoms with Crippen LogP contribution in [0.5, 0.6) is 5.75 Å². The van der Waals surface area contributed by atoms with Crippen molar-refractivity contribution in [1.29, 1.82) is 0 Å². The quantitative estimate of drug-likeness (QED) is 0.299. The number of hydrogen-bond donors (Lipinski definition) is 1. The Balaban J connectivity index is 1.49. The van der Waals surface area contributed by atoms with Crippen molar-refractivity contribution < 1.29 is 13.9 Å². The van der Waals surface area contributed by atoms with Gasteiger partial charge in [0.25, 0.3) is 8.32 Å². The Hall–Kier alpha value is -2.57. The molecule has 6 heteroatoms. The average Bonchev–Trinajstić information content (AvgIpc) is 2.87. The number of hydrogen-bond acceptors (Lipinski definition) is 5. The van der Waals surface area contributed by atoms with Crippen LogP contribution in [-0.4, -0.2) is 32.1 Å². The molecule has 0 amide bonds. The minimum atomic E-state index is -2.10. The van der Waals surface area contributed by atoms with Gasteiger partial charge in [0.2, 0.25) is 5.43 Å². The monoisotopic (exact) mass is 521 g/mol. The first-order chi connectivity index (χ1) is 17.6. The highest BCUT2D eigenvalue weighted by Crippen LogP contribution is 2.43. The predicted octanol–water partition coefficient (Wildman–Crippen LogP) is 7.31. The third kappa shape index (κ3) is 5.65. The van der Waals surface area contributed by atoms with Crippen LogP contribution in [-0.2, 0) is 6.42 Å². The highest BCUT2D eigenvalue weighted by molar-refractivity contribution is 6.78. The van der Waals surface area contributed by atoms with Crippen molar-refractivity contribution >= 4 is 25.0 Å². The van der Waals surface area contributed by atoms with Crippen molar-refractivity contribution in [3.8, 4) is 5.75 Å². The maximum absolute atomic E-state index is 13.4. The standard InChI is InChI=1S/C31H43NO4Si/c1-22(2)37(23(3)4,24(5)6)36-26-12-13-27-29(20-26)35-21-28(30(27)33)32-18-16-31(34,17-19-32)15-14-25-10-8-7-9-11-25/h7-13,20-24,34H,14-19H2,1-6H3. The molecule has 0 unspecified atom stereocenters. The van der Waals surface area contributed by atoms with E-state index in [1.165, 1.54) is 5.56 Å². The van der Waals surface area contributed by atoms with E-state index in [0.29, 0.717) is 59.2 Å². The fraction of sp³-hybridized carbons (Fsp3) is 0.516. The normalized spacial score (nSPS) is 16.2. The van der Waals surface area contributed by atoms with E-state index in [1.807, 2.05) is 36.4 Å². The number of aliphatic hydroxyl groups is 1. The summed E-state index contributed by atoms with van der Waals surface area (Å²) in [5, 5.41) is 11.7. The van der Waals surface area contributed by atoms with Crippen LogP contribution in [0.4, 0.5) is 5.69 Å². The summed E-state index contributed by atoms with van der Waals surface area (Å²) in [6.45, 7) is 14.9. The molecule has 1 fully saturated rings. The van der Waals surface area contributed by atoms with Gasteiger partial charge in [-0.15, -0.1) is 0 Å². The average molecular weight is 522 g/mol. The molecule has 0 saturated carbocycles. The minimum Gasteiger partial charge on any atom is -0.543 e. The first-order valence-electron chi connectivity index (χ1n) is 13.8. The van der Waals surface area contributed by atoms with Crippen molar-refractivity contribution in [2.24, 2.45) is 0 Å². The zero-order valence-corrected chi connectivity index (χ0v) is 24.3. The Kier molecular flexibility index (Phi) is 8.19. The molecule has 37 heavy (non-hydrogen) atoms. The molecule has 200 valence electrons. The smallest absolute Gasteiger partial charge is 0.258 e. The van der Waals surface area contributed by atoms with Crippen molar-refractivity contribution in [3.63, 3.8) is 0 Å². The number of anilines is 1. The molecular formula is C31H43NO4Si. The summed E-state index contributed by atoms with van der Waals surface area (Å²) in [5.74, 6) is 0.785. The van der Waals surface area contributed by atoms with E-state index >= 15 is 0 Å². The lowest BCUT2D eigenvalue weighted by Gasteiger charge is -2.42. The maximum Gasteiger partial charge on any atom is 0.258 e. The highest BCUT2D eigenvalue weighted by atomic mass is 28.4. The maximum atomic E-state index is 13.4. The zero-order chi connectivity index (χ0) is 26.8. The number of benzene rings is 2. The van der Waals surface area contributed by atoms with Gasteiger partial charge in [0.05, 0.1) is 11.0 Å². The number of nitrogens with zero attached hydrogens (tertiary/aromatic N) is 1. The van der Waals surface area contributed by atoms with Crippen LogP contribution in [0.25, 0.3) is 11.0 Å². The van der Waals surface area contributed by atoms with E-state index in [0.717, 1.165) is 18.6 Å². The molecule has 1 aromatic heterocycles. The molecule has 1 aliphatic rings. The Morgan fingerprint density at radius 2 is 1.59 bits per heavy atom. The summed E-state index contributed by atoms with van der Waals surface area (Å²) >= 11 is 0. The van der Waals surface area contributed by atoms with Crippen LogP contribution in [0.3, 0.4) is 0 Å². The predicted molar refractivity (Wildman–Crippen MR) is 155 cm³/mol. The van der Waals surface area contributed by atoms with Gasteiger partial charge in [0.15, 0.2) is 0 Å². The van der Waals surface area contributed by atoms with Gasteiger partial charge in [0, 0.05) is 19.2 Å². The summed E-state index contributed by atoms with van der Waals surface area (Å²) in [6.07, 6.45) is 4.44. The van der Waals surface area contributed by atoms with Gasteiger partial charge >= 0.3 is 0 Å². The minimum absolute atomic E-state index is 0.0254. The van der Waals surface area contributed by atoms with Crippen LogP contribution in [0.1, 0.15) is 66.4 Å². The lowest BCUT2D eigenvalue weighted by atomic mass is 9.85. The Bertz CT molecular complexity index is 1220. The van der Waals surface area contributed by atoms with E-state index in [-0.39, 0.29) is 5.43 Å². The van der Waals surface area contributed by atoms with Crippen molar-refractivity contribution in [3.05, 3.63) is 70.6 Å². The molecule has 4 rings (SSSR count). The second-order valence-corrected chi connectivity index (χ2v) is 17.1. The number of fused-ring (bicyclic) bond motifs is 1. The van der Waals surface area contributed by atoms with Crippen molar-refractivity contribution in [2.45, 2.75) is 89.5 Å². The number of piperidine rings is 1. The molecule has 0 spiro atoms. The molecular weight excluding hydrogens is 478 g/mol. The summed E-state index contributed by atoms with van der Waals surface area (Å²) in [7, 11) is -2.10. The van der Waals surface area contributed by atoms with E-state index < -0.39 is 13.9 Å². The summed E-state index contributed by atoms with van der Waals surface area (Å²) in [4.78, 5) is 15.5. The third-order valence-corrected chi connectivity index (χ3v) is 14.5. The first-order valence-corrected chi connectivity index (χ1v) is 16.0. The van der Waals surface area contributed by atoms with Gasteiger partial charge in [-0.2, -0.15) is 0 Å². The summed E-state index contributed by atoms with van der Waals surface area (Å²) in [6, 6.07) is 15.9. The van der Waals surface area contributed by atoms with Gasteiger partial charge in [-0.25, -0.2) is 0 Å². The Morgan fingerprint density at radius 3 is 2.19 bits per heavy atom. The fourth-order valence-corrected chi connectivity index (χ4v) is 11.6. The fourth-order valence-electron chi connectivity index (χ4n) is 6.37. The number of aryl methyl sites for hydroxylation is 1. The topological polar surface area (TPSA) is 62.9 Å². The summed E-state index contributed by atoms with van der Waals surface area (Å²) in [5.41, 5.74) is 3.03. The van der Waals surface area contributed by atoms with Crippen LogP contribution in [0.15, 0.2) is 64.0 Å². The molecule has 0 bridgehead atoms. The van der Waals surface area contributed by atoms with Crippen LogP contribution < -0.4 is 14.8 Å². The third-order valence-electron chi connectivity index (χ3n) is 8.49. The molecule has 2 heterocycles. The number of rotatable bonds is 9. The van der Waals surface area contributed by atoms with Gasteiger partial charge in [-0.1, -0.05) is 71.9 Å². The van der Waals surface area contributed by atoms with Crippen molar-refractivity contribution in [1.82, 2.24) is 0 Å². The van der Waals surface area contributed by atoms with Crippen LogP contribution in [0.2, 0.25) is 16.6 Å². The van der Waals surface area contributed by atoms with E-state index in [4.69, 9.17) is 8.84 Å². The van der Waals surface area contributed by atoms with Gasteiger partial charge in [-0.05, 0) is 60.0 Å². The lowest BCUT2D eigenvalue weighted by molar-refractivity contribution is 0.00823.